The molecule has 2 atom stereocenters. The Bertz CT molecular complexity index is 615. The average molecular weight is 308 g/mol. The third-order valence-electron chi connectivity index (χ3n) is 4.33. The third kappa shape index (κ3) is 3.05. The Hall–Kier alpha value is -1.56. The van der Waals surface area contributed by atoms with Gasteiger partial charge in [0.05, 0.1) is 11.0 Å². The fraction of sp³-hybridized carbons (Fsp3) is 0.533. The van der Waals surface area contributed by atoms with Gasteiger partial charge in [0.2, 0.25) is 0 Å². The van der Waals surface area contributed by atoms with Gasteiger partial charge in [0.25, 0.3) is 0 Å². The van der Waals surface area contributed by atoms with Gasteiger partial charge >= 0.3 is 6.03 Å². The van der Waals surface area contributed by atoms with Gasteiger partial charge in [-0.05, 0) is 24.8 Å². The van der Waals surface area contributed by atoms with Crippen LogP contribution in [0.3, 0.4) is 0 Å². The number of fused-ring (bicyclic) bond motifs is 2. The van der Waals surface area contributed by atoms with Crippen molar-refractivity contribution >= 4 is 15.9 Å². The molecule has 2 bridgehead atoms. The minimum atomic E-state index is -2.94. The van der Waals surface area contributed by atoms with Crippen molar-refractivity contribution in [3.05, 3.63) is 35.9 Å². The lowest BCUT2D eigenvalue weighted by atomic mass is 10.1. The van der Waals surface area contributed by atoms with Gasteiger partial charge in [-0.2, -0.15) is 0 Å². The Labute approximate surface area is 125 Å². The largest absolute Gasteiger partial charge is 0.338 e. The van der Waals surface area contributed by atoms with E-state index in [4.69, 9.17) is 0 Å². The summed E-state index contributed by atoms with van der Waals surface area (Å²) >= 11 is 0. The van der Waals surface area contributed by atoms with E-state index in [-0.39, 0.29) is 23.1 Å². The van der Waals surface area contributed by atoms with Crippen molar-refractivity contribution in [2.45, 2.75) is 30.6 Å². The summed E-state index contributed by atoms with van der Waals surface area (Å²) in [5, 5.41) is 2.56. The number of amides is 2. The van der Waals surface area contributed by atoms with Gasteiger partial charge in [-0.25, -0.2) is 13.2 Å². The zero-order valence-corrected chi connectivity index (χ0v) is 12.7. The van der Waals surface area contributed by atoms with Gasteiger partial charge in [-0.1, -0.05) is 30.3 Å². The van der Waals surface area contributed by atoms with Gasteiger partial charge < -0.3 is 10.2 Å². The van der Waals surface area contributed by atoms with Crippen LogP contribution in [0.5, 0.6) is 0 Å². The molecular formula is C15H20N2O3S. The van der Waals surface area contributed by atoms with E-state index in [1.165, 1.54) is 5.56 Å². The lowest BCUT2D eigenvalue weighted by molar-refractivity contribution is 0.195. The predicted molar refractivity (Wildman–Crippen MR) is 80.8 cm³/mol. The van der Waals surface area contributed by atoms with Crippen LogP contribution >= 0.6 is 0 Å². The molecule has 1 N–H and O–H groups in total. The van der Waals surface area contributed by atoms with Crippen molar-refractivity contribution in [1.82, 2.24) is 10.2 Å². The van der Waals surface area contributed by atoms with Crippen LogP contribution in [0, 0.1) is 0 Å². The molecule has 2 heterocycles. The van der Waals surface area contributed by atoms with E-state index in [0.717, 1.165) is 12.8 Å². The molecule has 114 valence electrons. The van der Waals surface area contributed by atoms with Crippen molar-refractivity contribution in [2.24, 2.45) is 0 Å². The smallest absolute Gasteiger partial charge is 0.317 e. The number of hydrogen-bond acceptors (Lipinski definition) is 3. The molecule has 2 aliphatic rings. The fourth-order valence-electron chi connectivity index (χ4n) is 3.18. The molecule has 0 spiro atoms. The van der Waals surface area contributed by atoms with Crippen molar-refractivity contribution < 1.29 is 13.2 Å². The van der Waals surface area contributed by atoms with Crippen LogP contribution in [0.2, 0.25) is 0 Å². The Morgan fingerprint density at radius 1 is 1.29 bits per heavy atom. The molecular weight excluding hydrogens is 288 g/mol. The second-order valence-corrected chi connectivity index (χ2v) is 8.14. The Kier molecular flexibility index (Phi) is 3.89. The predicted octanol–water partition coefficient (Wildman–Crippen LogP) is 1.20. The molecule has 2 fully saturated rings. The summed E-state index contributed by atoms with van der Waals surface area (Å²) in [6, 6.07) is 9.92. The van der Waals surface area contributed by atoms with Gasteiger partial charge in [0.15, 0.2) is 9.84 Å². The van der Waals surface area contributed by atoms with E-state index in [1.807, 2.05) is 18.2 Å². The van der Waals surface area contributed by atoms with Crippen molar-refractivity contribution in [1.29, 1.82) is 0 Å². The summed E-state index contributed by atoms with van der Waals surface area (Å²) in [6.07, 6.45) is 2.43. The van der Waals surface area contributed by atoms with E-state index in [2.05, 4.69) is 17.4 Å². The average Bonchev–Trinajstić information content (AvgIpc) is 3.00. The first-order valence-corrected chi connectivity index (χ1v) is 9.08. The number of urea groups is 1. The molecule has 1 aromatic rings. The Morgan fingerprint density at radius 3 is 2.67 bits per heavy atom. The highest BCUT2D eigenvalue weighted by Gasteiger charge is 2.49. The summed E-state index contributed by atoms with van der Waals surface area (Å²) < 4.78 is 23.3. The number of nitrogens with one attached hydrogen (secondary N) is 1. The molecule has 2 saturated heterocycles. The van der Waals surface area contributed by atoms with Crippen LogP contribution in [0.15, 0.2) is 30.3 Å². The van der Waals surface area contributed by atoms with Crippen LogP contribution in [0.25, 0.3) is 0 Å². The highest BCUT2D eigenvalue weighted by atomic mass is 32.2. The van der Waals surface area contributed by atoms with Crippen molar-refractivity contribution in [2.75, 3.05) is 18.8 Å². The maximum atomic E-state index is 12.1. The molecule has 0 aromatic heterocycles. The van der Waals surface area contributed by atoms with E-state index in [1.54, 1.807) is 4.90 Å². The summed E-state index contributed by atoms with van der Waals surface area (Å²) in [7, 11) is -2.94. The third-order valence-corrected chi connectivity index (χ3v) is 6.54. The molecule has 21 heavy (non-hydrogen) atoms. The summed E-state index contributed by atoms with van der Waals surface area (Å²) in [5.41, 5.74) is 1.26. The number of carbonyl (C=O) groups excluding carboxylic acids is 1. The molecule has 5 nitrogen and oxygen atoms in total. The van der Waals surface area contributed by atoms with Crippen LogP contribution in [-0.4, -0.2) is 49.5 Å². The van der Waals surface area contributed by atoms with Crippen molar-refractivity contribution in [3.63, 3.8) is 0 Å². The van der Waals surface area contributed by atoms with Gasteiger partial charge in [0.1, 0.15) is 0 Å². The highest BCUT2D eigenvalue weighted by molar-refractivity contribution is 7.92. The van der Waals surface area contributed by atoms with E-state index in [9.17, 15) is 13.2 Å². The van der Waals surface area contributed by atoms with Gasteiger partial charge in [-0.3, -0.25) is 0 Å². The lowest BCUT2D eigenvalue weighted by Gasteiger charge is -2.27. The number of benzene rings is 1. The maximum absolute atomic E-state index is 12.1. The number of rotatable bonds is 4. The summed E-state index contributed by atoms with van der Waals surface area (Å²) in [5.74, 6) is 0.134. The monoisotopic (exact) mass is 308 g/mol. The molecule has 0 radical (unpaired) electrons. The molecule has 0 aliphatic carbocycles. The van der Waals surface area contributed by atoms with Gasteiger partial charge in [-0.15, -0.1) is 0 Å². The fourth-order valence-corrected chi connectivity index (χ4v) is 5.21. The number of sulfone groups is 1. The van der Waals surface area contributed by atoms with E-state index >= 15 is 0 Å². The second-order valence-electron chi connectivity index (χ2n) is 5.81. The Balaban J connectivity index is 1.42. The number of nitrogens with zero attached hydrogens (tertiary/aromatic N) is 1. The summed E-state index contributed by atoms with van der Waals surface area (Å²) in [4.78, 5) is 13.8. The zero-order valence-electron chi connectivity index (χ0n) is 11.9. The number of carbonyl (C=O) groups is 1. The van der Waals surface area contributed by atoms with Gasteiger partial charge in [0, 0.05) is 19.1 Å². The van der Waals surface area contributed by atoms with Crippen molar-refractivity contribution in [3.8, 4) is 0 Å². The topological polar surface area (TPSA) is 66.5 Å². The standard InChI is InChI=1S/C15H20N2O3S/c18-15(16-8-4-7-12-5-2-1-3-6-12)17-10-14-9-13(17)11-21(14,19)20/h1-3,5-6,13-14H,4,7-11H2,(H,16,18). The molecule has 2 aliphatic heterocycles. The van der Waals surface area contributed by atoms with Crippen LogP contribution < -0.4 is 5.32 Å². The van der Waals surface area contributed by atoms with Crippen LogP contribution in [-0.2, 0) is 16.3 Å². The molecule has 2 unspecified atom stereocenters. The molecule has 3 rings (SSSR count). The molecule has 0 saturated carbocycles. The number of likely N-dealkylation sites (tertiary alicyclic amines) is 1. The molecule has 6 heteroatoms. The SMILES string of the molecule is O=C(NCCCc1ccccc1)N1CC2CC1CS2(=O)=O. The highest BCUT2D eigenvalue weighted by Crippen LogP contribution is 2.32. The van der Waals surface area contributed by atoms with Crippen LogP contribution in [0.4, 0.5) is 4.79 Å². The molecule has 2 amide bonds. The molecule has 1 aromatic carbocycles. The first-order valence-electron chi connectivity index (χ1n) is 7.36. The van der Waals surface area contributed by atoms with E-state index in [0.29, 0.717) is 19.5 Å². The first kappa shape index (κ1) is 14.4. The quantitative estimate of drug-likeness (QED) is 0.850. The van der Waals surface area contributed by atoms with E-state index < -0.39 is 9.84 Å². The first-order chi connectivity index (χ1) is 10.1. The minimum absolute atomic E-state index is 0.117. The maximum Gasteiger partial charge on any atom is 0.317 e. The number of aryl methyl sites for hydroxylation is 1. The summed E-state index contributed by atoms with van der Waals surface area (Å²) in [6.45, 7) is 0.978. The lowest BCUT2D eigenvalue weighted by Crippen LogP contribution is -2.48. The Morgan fingerprint density at radius 2 is 2.05 bits per heavy atom. The normalized spacial score (nSPS) is 26.0. The zero-order chi connectivity index (χ0) is 14.9. The minimum Gasteiger partial charge on any atom is -0.338 e. The second kappa shape index (κ2) is 5.67. The van der Waals surface area contributed by atoms with Crippen LogP contribution in [0.1, 0.15) is 18.4 Å². The number of hydrogen-bond donors (Lipinski definition) is 1.